The third kappa shape index (κ3) is 2.19. The van der Waals surface area contributed by atoms with Crippen molar-refractivity contribution in [3.63, 3.8) is 0 Å². The van der Waals surface area contributed by atoms with Crippen LogP contribution in [-0.4, -0.2) is 16.1 Å². The molecule has 0 unspecified atom stereocenters. The molecule has 0 radical (unpaired) electrons. The van der Waals surface area contributed by atoms with Crippen molar-refractivity contribution in [2.24, 2.45) is 0 Å². The Morgan fingerprint density at radius 1 is 1.38 bits per heavy atom. The number of carboxylic acids is 1. The zero-order valence-electron chi connectivity index (χ0n) is 7.78. The first-order chi connectivity index (χ1) is 7.58. The number of nitrogens with zero attached hydrogens (tertiary/aromatic N) is 1. The van der Waals surface area contributed by atoms with Gasteiger partial charge in [0, 0.05) is 16.0 Å². The highest BCUT2D eigenvalue weighted by molar-refractivity contribution is 7.13. The lowest BCUT2D eigenvalue weighted by Crippen LogP contribution is -1.95. The Kier molecular flexibility index (Phi) is 3.14. The molecular formula is C10H5Cl2NO2S. The van der Waals surface area contributed by atoms with Gasteiger partial charge in [0.05, 0.1) is 5.02 Å². The van der Waals surface area contributed by atoms with Gasteiger partial charge in [-0.25, -0.2) is 9.78 Å². The largest absolute Gasteiger partial charge is 0.476 e. The normalized spacial score (nSPS) is 10.4. The molecule has 2 aromatic rings. The summed E-state index contributed by atoms with van der Waals surface area (Å²) in [6.45, 7) is 0. The Balaban J connectivity index is 2.50. The van der Waals surface area contributed by atoms with E-state index in [9.17, 15) is 4.79 Å². The van der Waals surface area contributed by atoms with Crippen molar-refractivity contribution in [3.8, 4) is 10.6 Å². The predicted octanol–water partition coefficient (Wildman–Crippen LogP) is 3.82. The molecule has 0 amide bonds. The van der Waals surface area contributed by atoms with Gasteiger partial charge in [-0.3, -0.25) is 0 Å². The highest BCUT2D eigenvalue weighted by Crippen LogP contribution is 2.32. The molecule has 0 fully saturated rings. The monoisotopic (exact) mass is 273 g/mol. The van der Waals surface area contributed by atoms with Crippen LogP contribution in [0.5, 0.6) is 0 Å². The van der Waals surface area contributed by atoms with Crippen LogP contribution in [-0.2, 0) is 0 Å². The summed E-state index contributed by atoms with van der Waals surface area (Å²) >= 11 is 13.0. The number of carbonyl (C=O) groups is 1. The average Bonchev–Trinajstić information content (AvgIpc) is 2.70. The summed E-state index contributed by atoms with van der Waals surface area (Å²) in [6, 6.07) is 4.98. The Morgan fingerprint density at radius 2 is 2.12 bits per heavy atom. The first kappa shape index (κ1) is 11.4. The summed E-state index contributed by atoms with van der Waals surface area (Å²) in [4.78, 5) is 14.6. The van der Waals surface area contributed by atoms with Crippen LogP contribution in [0.1, 0.15) is 10.5 Å². The molecule has 1 aromatic carbocycles. The number of carboxylic acid groups (broad SMARTS) is 1. The summed E-state index contributed by atoms with van der Waals surface area (Å²) in [5.41, 5.74) is 0.655. The van der Waals surface area contributed by atoms with Crippen LogP contribution in [0, 0.1) is 0 Å². The SMILES string of the molecule is O=C(O)c1csc(-c2cc(Cl)ccc2Cl)n1. The number of aromatic carboxylic acids is 1. The van der Waals surface area contributed by atoms with Crippen molar-refractivity contribution in [1.82, 2.24) is 4.98 Å². The standard InChI is InChI=1S/C10H5Cl2NO2S/c11-5-1-2-7(12)6(3-5)9-13-8(4-16-9)10(14)15/h1-4H,(H,14,15). The van der Waals surface area contributed by atoms with Gasteiger partial charge in [0.1, 0.15) is 5.01 Å². The molecule has 0 aliphatic carbocycles. The molecule has 0 aliphatic heterocycles. The zero-order chi connectivity index (χ0) is 11.7. The van der Waals surface area contributed by atoms with Gasteiger partial charge in [0.2, 0.25) is 0 Å². The molecule has 1 N–H and O–H groups in total. The highest BCUT2D eigenvalue weighted by atomic mass is 35.5. The van der Waals surface area contributed by atoms with Crippen molar-refractivity contribution in [2.75, 3.05) is 0 Å². The first-order valence-corrected chi connectivity index (χ1v) is 5.86. The van der Waals surface area contributed by atoms with E-state index < -0.39 is 5.97 Å². The van der Waals surface area contributed by atoms with E-state index in [0.717, 1.165) is 0 Å². The molecule has 0 bridgehead atoms. The van der Waals surface area contributed by atoms with Crippen molar-refractivity contribution < 1.29 is 9.90 Å². The van der Waals surface area contributed by atoms with Gasteiger partial charge in [-0.2, -0.15) is 0 Å². The third-order valence-electron chi connectivity index (χ3n) is 1.88. The molecule has 0 atom stereocenters. The number of rotatable bonds is 2. The molecule has 16 heavy (non-hydrogen) atoms. The van der Waals surface area contributed by atoms with Crippen LogP contribution in [0.25, 0.3) is 10.6 Å². The van der Waals surface area contributed by atoms with Crippen LogP contribution in [0.3, 0.4) is 0 Å². The molecule has 3 nitrogen and oxygen atoms in total. The third-order valence-corrected chi connectivity index (χ3v) is 3.32. The summed E-state index contributed by atoms with van der Waals surface area (Å²) in [6.07, 6.45) is 0. The topological polar surface area (TPSA) is 50.2 Å². The van der Waals surface area contributed by atoms with E-state index in [1.165, 1.54) is 16.7 Å². The second-order valence-electron chi connectivity index (χ2n) is 2.97. The molecular weight excluding hydrogens is 269 g/mol. The summed E-state index contributed by atoms with van der Waals surface area (Å²) < 4.78 is 0. The van der Waals surface area contributed by atoms with Crippen LogP contribution >= 0.6 is 34.5 Å². The Bertz CT molecular complexity index is 554. The molecule has 82 valence electrons. The van der Waals surface area contributed by atoms with E-state index in [1.807, 2.05) is 0 Å². The lowest BCUT2D eigenvalue weighted by atomic mass is 10.2. The van der Waals surface area contributed by atoms with Crippen LogP contribution < -0.4 is 0 Å². The van der Waals surface area contributed by atoms with Gasteiger partial charge >= 0.3 is 5.97 Å². The van der Waals surface area contributed by atoms with Gasteiger partial charge in [-0.15, -0.1) is 11.3 Å². The highest BCUT2D eigenvalue weighted by Gasteiger charge is 2.12. The van der Waals surface area contributed by atoms with Gasteiger partial charge in [0.25, 0.3) is 0 Å². The maximum atomic E-state index is 10.7. The summed E-state index contributed by atoms with van der Waals surface area (Å²) in [5.74, 6) is -1.05. The summed E-state index contributed by atoms with van der Waals surface area (Å²) in [5, 5.41) is 11.8. The van der Waals surface area contributed by atoms with Gasteiger partial charge in [-0.05, 0) is 18.2 Å². The van der Waals surface area contributed by atoms with E-state index in [4.69, 9.17) is 28.3 Å². The number of aromatic nitrogens is 1. The minimum absolute atomic E-state index is 0.0102. The smallest absolute Gasteiger partial charge is 0.355 e. The second kappa shape index (κ2) is 4.41. The van der Waals surface area contributed by atoms with Crippen molar-refractivity contribution >= 4 is 40.5 Å². The minimum Gasteiger partial charge on any atom is -0.476 e. The summed E-state index contributed by atoms with van der Waals surface area (Å²) in [7, 11) is 0. The molecule has 0 saturated heterocycles. The van der Waals surface area contributed by atoms with Gasteiger partial charge < -0.3 is 5.11 Å². The van der Waals surface area contributed by atoms with Gasteiger partial charge in [-0.1, -0.05) is 23.2 Å². The van der Waals surface area contributed by atoms with E-state index in [2.05, 4.69) is 4.98 Å². The van der Waals surface area contributed by atoms with Crippen LogP contribution in [0.4, 0.5) is 0 Å². The Morgan fingerprint density at radius 3 is 2.75 bits per heavy atom. The number of thiazole rings is 1. The maximum absolute atomic E-state index is 10.7. The molecule has 1 aromatic heterocycles. The Labute approximate surface area is 105 Å². The molecule has 2 rings (SSSR count). The van der Waals surface area contributed by atoms with Crippen LogP contribution in [0.15, 0.2) is 23.6 Å². The van der Waals surface area contributed by atoms with E-state index >= 15 is 0 Å². The zero-order valence-corrected chi connectivity index (χ0v) is 10.1. The van der Waals surface area contributed by atoms with E-state index in [-0.39, 0.29) is 5.69 Å². The molecule has 0 aliphatic rings. The fourth-order valence-corrected chi connectivity index (χ4v) is 2.42. The molecule has 1 heterocycles. The lowest BCUT2D eigenvalue weighted by molar-refractivity contribution is 0.0691. The quantitative estimate of drug-likeness (QED) is 0.905. The van der Waals surface area contributed by atoms with E-state index in [1.54, 1.807) is 18.2 Å². The average molecular weight is 274 g/mol. The lowest BCUT2D eigenvalue weighted by Gasteiger charge is -2.00. The number of halogens is 2. The minimum atomic E-state index is -1.05. The first-order valence-electron chi connectivity index (χ1n) is 4.22. The fraction of sp³-hybridized carbons (Fsp3) is 0. The fourth-order valence-electron chi connectivity index (χ4n) is 1.16. The van der Waals surface area contributed by atoms with Gasteiger partial charge in [0.15, 0.2) is 5.69 Å². The van der Waals surface area contributed by atoms with E-state index in [0.29, 0.717) is 20.6 Å². The molecule has 6 heteroatoms. The number of hydrogen-bond donors (Lipinski definition) is 1. The van der Waals surface area contributed by atoms with Crippen molar-refractivity contribution in [3.05, 3.63) is 39.3 Å². The Hall–Kier alpha value is -1.10. The molecule has 0 spiro atoms. The number of benzene rings is 1. The predicted molar refractivity (Wildman–Crippen MR) is 64.5 cm³/mol. The van der Waals surface area contributed by atoms with Crippen LogP contribution in [0.2, 0.25) is 10.0 Å². The van der Waals surface area contributed by atoms with Crippen molar-refractivity contribution in [1.29, 1.82) is 0 Å². The number of hydrogen-bond acceptors (Lipinski definition) is 3. The second-order valence-corrected chi connectivity index (χ2v) is 4.67. The molecule has 0 saturated carbocycles. The maximum Gasteiger partial charge on any atom is 0.355 e. The van der Waals surface area contributed by atoms with Crippen molar-refractivity contribution in [2.45, 2.75) is 0 Å².